The maximum absolute atomic E-state index is 13.2. The van der Waals surface area contributed by atoms with Gasteiger partial charge in [0.1, 0.15) is 5.41 Å². The van der Waals surface area contributed by atoms with E-state index in [1.54, 1.807) is 36.9 Å². The fourth-order valence-electron chi connectivity index (χ4n) is 3.14. The summed E-state index contributed by atoms with van der Waals surface area (Å²) in [6, 6.07) is 12.6. The molecule has 1 unspecified atom stereocenters. The number of nitrogens with zero attached hydrogens (tertiary/aromatic N) is 1. The van der Waals surface area contributed by atoms with Crippen molar-refractivity contribution in [3.63, 3.8) is 0 Å². The van der Waals surface area contributed by atoms with Crippen LogP contribution in [0.15, 0.2) is 42.5 Å². The number of carbonyl (C=O) groups excluding carboxylic acids is 2. The standard InChI is InChI=1S/C20H20Cl2N2O2/c1-12-10-13-6-4-5-7-17(13)24(12)19(26)20(2,3)18(25)23-16-9-8-14(21)11-15(16)22/h4-9,11-12H,10H2,1-3H3,(H,23,25). The summed E-state index contributed by atoms with van der Waals surface area (Å²) in [7, 11) is 0. The zero-order valence-corrected chi connectivity index (χ0v) is 16.4. The monoisotopic (exact) mass is 390 g/mol. The van der Waals surface area contributed by atoms with E-state index >= 15 is 0 Å². The zero-order chi connectivity index (χ0) is 19.1. The number of amides is 2. The van der Waals surface area contributed by atoms with Gasteiger partial charge in [0, 0.05) is 16.8 Å². The van der Waals surface area contributed by atoms with Crippen molar-refractivity contribution in [3.05, 3.63) is 58.1 Å². The Morgan fingerprint density at radius 1 is 1.15 bits per heavy atom. The van der Waals surface area contributed by atoms with Gasteiger partial charge in [0.15, 0.2) is 0 Å². The molecule has 1 aliphatic rings. The lowest BCUT2D eigenvalue weighted by molar-refractivity contribution is -0.136. The molecule has 0 spiro atoms. The number of anilines is 2. The highest BCUT2D eigenvalue weighted by Gasteiger charge is 2.43. The van der Waals surface area contributed by atoms with Gasteiger partial charge in [-0.2, -0.15) is 0 Å². The van der Waals surface area contributed by atoms with E-state index in [1.165, 1.54) is 0 Å². The van der Waals surface area contributed by atoms with Gasteiger partial charge in [0.05, 0.1) is 10.7 Å². The van der Waals surface area contributed by atoms with Crippen molar-refractivity contribution in [2.75, 3.05) is 10.2 Å². The van der Waals surface area contributed by atoms with Crippen LogP contribution in [0.1, 0.15) is 26.3 Å². The van der Waals surface area contributed by atoms with Crippen LogP contribution in [0.5, 0.6) is 0 Å². The number of benzene rings is 2. The molecule has 2 aromatic carbocycles. The first-order valence-electron chi connectivity index (χ1n) is 8.40. The average molecular weight is 391 g/mol. The summed E-state index contributed by atoms with van der Waals surface area (Å²) in [4.78, 5) is 27.8. The maximum Gasteiger partial charge on any atom is 0.242 e. The Labute approximate surface area is 163 Å². The van der Waals surface area contributed by atoms with Gasteiger partial charge in [0.25, 0.3) is 0 Å². The van der Waals surface area contributed by atoms with Gasteiger partial charge in [-0.1, -0.05) is 41.4 Å². The van der Waals surface area contributed by atoms with Crippen molar-refractivity contribution in [2.45, 2.75) is 33.2 Å². The van der Waals surface area contributed by atoms with E-state index < -0.39 is 11.3 Å². The maximum atomic E-state index is 13.2. The van der Waals surface area contributed by atoms with Crippen molar-refractivity contribution >= 4 is 46.4 Å². The van der Waals surface area contributed by atoms with Crippen LogP contribution in [0.25, 0.3) is 0 Å². The van der Waals surface area contributed by atoms with E-state index in [2.05, 4.69) is 5.32 Å². The van der Waals surface area contributed by atoms with Crippen molar-refractivity contribution in [3.8, 4) is 0 Å². The van der Waals surface area contributed by atoms with Crippen molar-refractivity contribution in [1.82, 2.24) is 0 Å². The largest absolute Gasteiger partial charge is 0.324 e. The van der Waals surface area contributed by atoms with Crippen LogP contribution in [0.4, 0.5) is 11.4 Å². The topological polar surface area (TPSA) is 49.4 Å². The summed E-state index contributed by atoms with van der Waals surface area (Å²) < 4.78 is 0. The molecule has 0 saturated heterocycles. The fraction of sp³-hybridized carbons (Fsp3) is 0.300. The Balaban J connectivity index is 1.85. The predicted octanol–water partition coefficient (Wildman–Crippen LogP) is 4.94. The molecule has 1 N–H and O–H groups in total. The van der Waals surface area contributed by atoms with Crippen LogP contribution in [0.2, 0.25) is 10.0 Å². The summed E-state index contributed by atoms with van der Waals surface area (Å²) in [5, 5.41) is 3.55. The van der Waals surface area contributed by atoms with E-state index in [1.807, 2.05) is 31.2 Å². The molecule has 2 amide bonds. The Morgan fingerprint density at radius 3 is 2.54 bits per heavy atom. The second kappa shape index (κ2) is 6.93. The lowest BCUT2D eigenvalue weighted by Gasteiger charge is -2.31. The predicted molar refractivity (Wildman–Crippen MR) is 106 cm³/mol. The van der Waals surface area contributed by atoms with E-state index in [0.717, 1.165) is 17.7 Å². The Kier molecular flexibility index (Phi) is 5.00. The number of fused-ring (bicyclic) bond motifs is 1. The van der Waals surface area contributed by atoms with Crippen LogP contribution >= 0.6 is 23.2 Å². The van der Waals surface area contributed by atoms with E-state index in [-0.39, 0.29) is 11.9 Å². The molecule has 4 nitrogen and oxygen atoms in total. The van der Waals surface area contributed by atoms with Gasteiger partial charge in [-0.05, 0) is 57.0 Å². The molecule has 3 rings (SSSR count). The van der Waals surface area contributed by atoms with E-state index in [9.17, 15) is 9.59 Å². The molecule has 0 aromatic heterocycles. The highest BCUT2D eigenvalue weighted by molar-refractivity contribution is 6.36. The molecule has 6 heteroatoms. The zero-order valence-electron chi connectivity index (χ0n) is 14.8. The number of rotatable bonds is 3. The van der Waals surface area contributed by atoms with Gasteiger partial charge < -0.3 is 10.2 Å². The summed E-state index contributed by atoms with van der Waals surface area (Å²) >= 11 is 12.0. The van der Waals surface area contributed by atoms with Crippen LogP contribution in [0.3, 0.4) is 0 Å². The third kappa shape index (κ3) is 3.31. The van der Waals surface area contributed by atoms with Gasteiger partial charge in [-0.15, -0.1) is 0 Å². The lowest BCUT2D eigenvalue weighted by atomic mass is 9.89. The second-order valence-electron chi connectivity index (χ2n) is 7.06. The molecule has 0 saturated carbocycles. The second-order valence-corrected chi connectivity index (χ2v) is 7.90. The van der Waals surface area contributed by atoms with Gasteiger partial charge in [-0.25, -0.2) is 0 Å². The minimum absolute atomic E-state index is 0.00564. The molecule has 2 aromatic rings. The van der Waals surface area contributed by atoms with Crippen molar-refractivity contribution in [2.24, 2.45) is 5.41 Å². The third-order valence-corrected chi connectivity index (χ3v) is 5.26. The fourth-order valence-corrected chi connectivity index (χ4v) is 3.60. The van der Waals surface area contributed by atoms with Gasteiger partial charge in [-0.3, -0.25) is 9.59 Å². The highest BCUT2D eigenvalue weighted by atomic mass is 35.5. The molecule has 1 heterocycles. The Morgan fingerprint density at radius 2 is 1.85 bits per heavy atom. The lowest BCUT2D eigenvalue weighted by Crippen LogP contribution is -2.49. The first-order chi connectivity index (χ1) is 12.2. The summed E-state index contributed by atoms with van der Waals surface area (Å²) in [6.45, 7) is 5.24. The number of halogens is 2. The molecular formula is C20H20Cl2N2O2. The van der Waals surface area contributed by atoms with Crippen LogP contribution in [-0.4, -0.2) is 17.9 Å². The highest BCUT2D eigenvalue weighted by Crippen LogP contribution is 2.36. The summed E-state index contributed by atoms with van der Waals surface area (Å²) in [6.07, 6.45) is 0.780. The quantitative estimate of drug-likeness (QED) is 0.754. The SMILES string of the molecule is CC1Cc2ccccc2N1C(=O)C(C)(C)C(=O)Nc1ccc(Cl)cc1Cl. The number of carbonyl (C=O) groups is 2. The normalized spacial score (nSPS) is 16.3. The van der Waals surface area contributed by atoms with E-state index in [4.69, 9.17) is 23.2 Å². The molecule has 0 bridgehead atoms. The van der Waals surface area contributed by atoms with Crippen molar-refractivity contribution < 1.29 is 9.59 Å². The summed E-state index contributed by atoms with van der Waals surface area (Å²) in [5.41, 5.74) is 1.16. The molecule has 0 fully saturated rings. The molecular weight excluding hydrogens is 371 g/mol. The molecule has 1 aliphatic heterocycles. The number of hydrogen-bond donors (Lipinski definition) is 1. The Bertz CT molecular complexity index is 880. The molecule has 26 heavy (non-hydrogen) atoms. The van der Waals surface area contributed by atoms with Crippen LogP contribution in [-0.2, 0) is 16.0 Å². The minimum atomic E-state index is -1.26. The van der Waals surface area contributed by atoms with E-state index in [0.29, 0.717) is 15.7 Å². The smallest absolute Gasteiger partial charge is 0.242 e. The third-order valence-electron chi connectivity index (χ3n) is 4.71. The number of para-hydroxylation sites is 1. The van der Waals surface area contributed by atoms with Crippen molar-refractivity contribution in [1.29, 1.82) is 0 Å². The number of hydrogen-bond acceptors (Lipinski definition) is 2. The Hall–Kier alpha value is -2.04. The van der Waals surface area contributed by atoms with Gasteiger partial charge >= 0.3 is 0 Å². The molecule has 136 valence electrons. The molecule has 1 atom stereocenters. The van der Waals surface area contributed by atoms with Crippen LogP contribution < -0.4 is 10.2 Å². The minimum Gasteiger partial charge on any atom is -0.324 e. The molecule has 0 aliphatic carbocycles. The van der Waals surface area contributed by atoms with Gasteiger partial charge in [0.2, 0.25) is 11.8 Å². The first kappa shape index (κ1) is 18.7. The van der Waals surface area contributed by atoms with Crippen LogP contribution in [0, 0.1) is 5.41 Å². The molecule has 0 radical (unpaired) electrons. The first-order valence-corrected chi connectivity index (χ1v) is 9.15. The summed E-state index contributed by atoms with van der Waals surface area (Å²) in [5.74, 6) is -0.652. The number of nitrogens with one attached hydrogen (secondary N) is 1. The average Bonchev–Trinajstić information content (AvgIpc) is 2.92.